The number of hydrogen-bond donors (Lipinski definition) is 2. The predicted octanol–water partition coefficient (Wildman–Crippen LogP) is 1.97. The highest BCUT2D eigenvalue weighted by atomic mass is 35.5. The van der Waals surface area contributed by atoms with Gasteiger partial charge >= 0.3 is 18.1 Å². The van der Waals surface area contributed by atoms with Gasteiger partial charge in [-0.25, -0.2) is 14.3 Å². The maximum Gasteiger partial charge on any atom is 0.527 e. The van der Waals surface area contributed by atoms with Gasteiger partial charge in [-0.15, -0.1) is 5.06 Å². The van der Waals surface area contributed by atoms with Crippen molar-refractivity contribution < 1.29 is 48.1 Å². The Morgan fingerprint density at radius 2 is 1.74 bits per heavy atom. The number of carboxylic acids is 1. The molecule has 15 nitrogen and oxygen atoms in total. The molecule has 1 atom stereocenters. The summed E-state index contributed by atoms with van der Waals surface area (Å²) in [5, 5.41) is 17.9. The Hall–Kier alpha value is -4.37. The molecule has 1 aromatic heterocycles. The Balaban J connectivity index is 1.78. The molecule has 0 unspecified atom stereocenters. The molecule has 1 aliphatic heterocycles. The number of aliphatic carboxylic acids is 1. The highest BCUT2D eigenvalue weighted by Crippen LogP contribution is 2.24. The number of benzene rings is 1. The zero-order valence-electron chi connectivity index (χ0n) is 24.0. The van der Waals surface area contributed by atoms with Crippen LogP contribution < -0.4 is 10.1 Å². The molecule has 0 spiro atoms. The molecule has 43 heavy (non-hydrogen) atoms. The van der Waals surface area contributed by atoms with Gasteiger partial charge in [0.15, 0.2) is 12.3 Å². The first-order valence-corrected chi connectivity index (χ1v) is 14.0. The largest absolute Gasteiger partial charge is 0.527 e. The molecule has 1 aromatic carbocycles. The molecule has 0 aliphatic carbocycles. The molecule has 2 heterocycles. The Bertz CT molecular complexity index is 1330. The first-order chi connectivity index (χ1) is 20.5. The van der Waals surface area contributed by atoms with Crippen LogP contribution in [0, 0.1) is 6.92 Å². The zero-order chi connectivity index (χ0) is 31.5. The molecule has 1 saturated heterocycles. The summed E-state index contributed by atoms with van der Waals surface area (Å²) in [6.45, 7) is 5.66. The highest BCUT2D eigenvalue weighted by Gasteiger charge is 2.31. The lowest BCUT2D eigenvalue weighted by Gasteiger charge is -2.35. The van der Waals surface area contributed by atoms with Crippen LogP contribution in [-0.2, 0) is 28.7 Å². The van der Waals surface area contributed by atoms with E-state index in [1.165, 1.54) is 20.7 Å². The fourth-order valence-electron chi connectivity index (χ4n) is 4.04. The van der Waals surface area contributed by atoms with Crippen molar-refractivity contribution in [2.45, 2.75) is 39.7 Å². The van der Waals surface area contributed by atoms with E-state index in [2.05, 4.69) is 10.4 Å². The monoisotopic (exact) mass is 623 g/mol. The number of carboxylic acid groups (broad SMARTS) is 1. The molecule has 16 heteroatoms. The number of ether oxygens (including phenoxy) is 3. The first kappa shape index (κ1) is 33.1. The summed E-state index contributed by atoms with van der Waals surface area (Å²) in [5.41, 5.74) is 1.09. The fraction of sp³-hybridized carbons (Fsp3) is 0.481. The number of piperazine rings is 1. The van der Waals surface area contributed by atoms with E-state index in [4.69, 9.17) is 30.6 Å². The average Bonchev–Trinajstić information content (AvgIpc) is 3.40. The second-order valence-electron chi connectivity index (χ2n) is 9.29. The van der Waals surface area contributed by atoms with Crippen LogP contribution in [-0.4, -0.2) is 107 Å². The van der Waals surface area contributed by atoms with E-state index in [9.17, 15) is 29.1 Å². The van der Waals surface area contributed by atoms with E-state index >= 15 is 0 Å². The van der Waals surface area contributed by atoms with Crippen LogP contribution in [0.15, 0.2) is 24.3 Å². The van der Waals surface area contributed by atoms with Gasteiger partial charge in [-0.3, -0.25) is 14.4 Å². The standard InChI is InChI=1S/C27H34ClN5O10/c1-4-40-24(36)16-42-22-15-21(30-33(22)18-7-6-17(3)19(28)14-18)25(37)29-20(8-9-23(34)35)26(38)31-10-12-32(13-11-31)43-27(39)41-5-2/h6-7,14-15,20H,4-5,8-13,16H2,1-3H3,(H,29,37)(H,34,35)/t20-/m0/s1. The van der Waals surface area contributed by atoms with E-state index < -0.39 is 42.6 Å². The van der Waals surface area contributed by atoms with E-state index in [0.29, 0.717) is 10.7 Å². The number of nitrogens with zero attached hydrogens (tertiary/aromatic N) is 4. The molecular formula is C27H34ClN5O10. The minimum Gasteiger partial charge on any atom is -0.481 e. The van der Waals surface area contributed by atoms with Crippen molar-refractivity contribution in [1.29, 1.82) is 0 Å². The molecule has 1 aliphatic rings. The third-order valence-corrected chi connectivity index (χ3v) is 6.63. The molecule has 2 amide bonds. The van der Waals surface area contributed by atoms with Gasteiger partial charge in [0.2, 0.25) is 11.8 Å². The summed E-state index contributed by atoms with van der Waals surface area (Å²) in [6, 6.07) is 5.13. The Morgan fingerprint density at radius 3 is 2.37 bits per heavy atom. The fourth-order valence-corrected chi connectivity index (χ4v) is 4.21. The first-order valence-electron chi connectivity index (χ1n) is 13.6. The van der Waals surface area contributed by atoms with Gasteiger partial charge in [0.1, 0.15) is 6.04 Å². The average molecular weight is 624 g/mol. The van der Waals surface area contributed by atoms with Gasteiger partial charge in [0.05, 0.1) is 32.0 Å². The van der Waals surface area contributed by atoms with Crippen LogP contribution in [0.25, 0.3) is 5.69 Å². The second-order valence-corrected chi connectivity index (χ2v) is 9.70. The molecule has 2 aromatic rings. The molecule has 0 bridgehead atoms. The number of aryl methyl sites for hydroxylation is 1. The number of carbonyl (C=O) groups excluding carboxylic acids is 4. The molecule has 2 N–H and O–H groups in total. The van der Waals surface area contributed by atoms with E-state index in [1.54, 1.807) is 32.0 Å². The number of carbonyl (C=O) groups is 5. The van der Waals surface area contributed by atoms with Crippen LogP contribution in [0.2, 0.25) is 5.02 Å². The lowest BCUT2D eigenvalue weighted by molar-refractivity contribution is -0.157. The summed E-state index contributed by atoms with van der Waals surface area (Å²) in [4.78, 5) is 68.0. The van der Waals surface area contributed by atoms with E-state index in [1.807, 2.05) is 6.92 Å². The van der Waals surface area contributed by atoms with Crippen molar-refractivity contribution in [3.63, 3.8) is 0 Å². The zero-order valence-corrected chi connectivity index (χ0v) is 24.8. The summed E-state index contributed by atoms with van der Waals surface area (Å²) in [5.74, 6) is -3.02. The van der Waals surface area contributed by atoms with Crippen molar-refractivity contribution in [1.82, 2.24) is 25.1 Å². The summed E-state index contributed by atoms with van der Waals surface area (Å²) in [6.07, 6.45) is -1.42. The van der Waals surface area contributed by atoms with Gasteiger partial charge in [0, 0.05) is 30.6 Å². The van der Waals surface area contributed by atoms with Gasteiger partial charge in [0.25, 0.3) is 5.91 Å². The van der Waals surface area contributed by atoms with Crippen molar-refractivity contribution in [3.8, 4) is 11.6 Å². The van der Waals surface area contributed by atoms with E-state index in [0.717, 1.165) is 5.56 Å². The number of esters is 1. The maximum atomic E-state index is 13.4. The van der Waals surface area contributed by atoms with Crippen LogP contribution in [0.4, 0.5) is 4.79 Å². The molecule has 1 fully saturated rings. The summed E-state index contributed by atoms with van der Waals surface area (Å²) < 4.78 is 16.5. The lowest BCUT2D eigenvalue weighted by atomic mass is 10.1. The van der Waals surface area contributed by atoms with Crippen molar-refractivity contribution in [2.24, 2.45) is 0 Å². The number of hydrogen-bond acceptors (Lipinski definition) is 11. The minimum atomic E-state index is -1.19. The molecule has 234 valence electrons. The normalized spacial score (nSPS) is 14.0. The number of hydroxylamine groups is 2. The van der Waals surface area contributed by atoms with Gasteiger partial charge in [-0.1, -0.05) is 17.7 Å². The van der Waals surface area contributed by atoms with Crippen molar-refractivity contribution >= 4 is 41.5 Å². The molecular weight excluding hydrogens is 590 g/mol. The maximum absolute atomic E-state index is 13.4. The minimum absolute atomic E-state index is 0.0317. The third-order valence-electron chi connectivity index (χ3n) is 6.22. The SMILES string of the molecule is CCOC(=O)COc1cc(C(=O)N[C@@H](CCC(=O)O)C(=O)N2CCN(OC(=O)OCC)CC2)nn1-c1ccc(C)c(Cl)c1. The quantitative estimate of drug-likeness (QED) is 0.310. The number of halogens is 1. The van der Waals surface area contributed by atoms with Crippen molar-refractivity contribution in [3.05, 3.63) is 40.5 Å². The molecule has 0 saturated carbocycles. The van der Waals surface area contributed by atoms with Gasteiger partial charge in [-0.2, -0.15) is 5.10 Å². The van der Waals surface area contributed by atoms with Crippen LogP contribution in [0.1, 0.15) is 42.7 Å². The Morgan fingerprint density at radius 1 is 1.05 bits per heavy atom. The Kier molecular flexibility index (Phi) is 12.1. The smallest absolute Gasteiger partial charge is 0.481 e. The third kappa shape index (κ3) is 9.58. The van der Waals surface area contributed by atoms with Gasteiger partial charge in [-0.05, 0) is 44.9 Å². The number of nitrogens with one attached hydrogen (secondary N) is 1. The molecule has 0 radical (unpaired) electrons. The van der Waals surface area contributed by atoms with Crippen LogP contribution in [0.5, 0.6) is 5.88 Å². The second kappa shape index (κ2) is 15.7. The topological polar surface area (TPSA) is 179 Å². The Labute approximate surface area is 252 Å². The lowest BCUT2D eigenvalue weighted by Crippen LogP contribution is -2.55. The number of aromatic nitrogens is 2. The van der Waals surface area contributed by atoms with Crippen molar-refractivity contribution in [2.75, 3.05) is 46.0 Å². The van der Waals surface area contributed by atoms with Crippen LogP contribution >= 0.6 is 11.6 Å². The van der Waals surface area contributed by atoms with Crippen LogP contribution in [0.3, 0.4) is 0 Å². The number of rotatable bonds is 13. The predicted molar refractivity (Wildman–Crippen MR) is 150 cm³/mol. The molecule has 3 rings (SSSR count). The number of amides is 2. The summed E-state index contributed by atoms with van der Waals surface area (Å²) in [7, 11) is 0. The highest BCUT2D eigenvalue weighted by molar-refractivity contribution is 6.31. The summed E-state index contributed by atoms with van der Waals surface area (Å²) >= 11 is 6.28. The van der Waals surface area contributed by atoms with Gasteiger partial charge < -0.3 is 34.4 Å². The van der Waals surface area contributed by atoms with E-state index in [-0.39, 0.29) is 63.8 Å².